The number of halogens is 1. The summed E-state index contributed by atoms with van der Waals surface area (Å²) >= 11 is 0. The van der Waals surface area contributed by atoms with Crippen LogP contribution in [0.5, 0.6) is 0 Å². The van der Waals surface area contributed by atoms with Gasteiger partial charge >= 0.3 is 0 Å². The minimum atomic E-state index is -0.403. The van der Waals surface area contributed by atoms with Crippen LogP contribution in [0.3, 0.4) is 0 Å². The van der Waals surface area contributed by atoms with Gasteiger partial charge in [0.15, 0.2) is 0 Å². The second kappa shape index (κ2) is 8.19. The van der Waals surface area contributed by atoms with E-state index in [-0.39, 0.29) is 17.5 Å². The molecule has 1 aromatic carbocycles. The van der Waals surface area contributed by atoms with E-state index in [1.807, 2.05) is 30.6 Å². The summed E-state index contributed by atoms with van der Waals surface area (Å²) in [5.41, 5.74) is 3.46. The van der Waals surface area contributed by atoms with E-state index in [1.54, 1.807) is 18.2 Å². The Balaban J connectivity index is 1.82. The molecule has 0 aliphatic carbocycles. The molecule has 1 aliphatic heterocycles. The smallest absolute Gasteiger partial charge is 0.262 e. The number of aryl methyl sites for hydroxylation is 1. The van der Waals surface area contributed by atoms with Crippen LogP contribution in [0.15, 0.2) is 35.9 Å². The standard InChI is InChI=1S/C21H22FN3O2/c1-14-10-16(15(2)25(14)19-7-5-18(22)6-8-19)11-17(12-23)21(26)24-13-20-4-3-9-27-20/h5-8,10-11,20H,3-4,9,13H2,1-2H3,(H,24,26). The molecule has 3 rings (SSSR count). The maximum absolute atomic E-state index is 13.2. The number of amides is 1. The molecule has 0 radical (unpaired) electrons. The van der Waals surface area contributed by atoms with Crippen LogP contribution in [0.25, 0.3) is 11.8 Å². The number of hydrogen-bond donors (Lipinski definition) is 1. The van der Waals surface area contributed by atoms with Crippen LogP contribution in [0.2, 0.25) is 0 Å². The number of nitrogens with one attached hydrogen (secondary N) is 1. The number of hydrogen-bond acceptors (Lipinski definition) is 3. The molecule has 0 bridgehead atoms. The zero-order chi connectivity index (χ0) is 19.4. The summed E-state index contributed by atoms with van der Waals surface area (Å²) in [6.45, 7) is 4.96. The van der Waals surface area contributed by atoms with Crippen molar-refractivity contribution in [3.8, 4) is 11.8 Å². The van der Waals surface area contributed by atoms with Crippen LogP contribution in [0, 0.1) is 31.0 Å². The first-order valence-corrected chi connectivity index (χ1v) is 8.96. The molecule has 2 heterocycles. The van der Waals surface area contributed by atoms with Crippen LogP contribution in [-0.4, -0.2) is 29.7 Å². The zero-order valence-electron chi connectivity index (χ0n) is 15.5. The lowest BCUT2D eigenvalue weighted by molar-refractivity contribution is -0.117. The Kier molecular flexibility index (Phi) is 5.72. The number of aromatic nitrogens is 1. The maximum atomic E-state index is 13.2. The monoisotopic (exact) mass is 367 g/mol. The SMILES string of the molecule is Cc1cc(C=C(C#N)C(=O)NCC2CCCO2)c(C)n1-c1ccc(F)cc1. The number of carbonyl (C=O) groups excluding carboxylic acids is 1. The van der Waals surface area contributed by atoms with E-state index in [9.17, 15) is 14.4 Å². The highest BCUT2D eigenvalue weighted by molar-refractivity contribution is 6.01. The molecule has 27 heavy (non-hydrogen) atoms. The second-order valence-electron chi connectivity index (χ2n) is 6.65. The average Bonchev–Trinajstić information content (AvgIpc) is 3.27. The maximum Gasteiger partial charge on any atom is 0.262 e. The van der Waals surface area contributed by atoms with Gasteiger partial charge in [0.1, 0.15) is 17.5 Å². The molecule has 140 valence electrons. The van der Waals surface area contributed by atoms with Crippen molar-refractivity contribution in [1.82, 2.24) is 9.88 Å². The van der Waals surface area contributed by atoms with Gasteiger partial charge in [-0.05, 0) is 68.7 Å². The van der Waals surface area contributed by atoms with Gasteiger partial charge in [-0.1, -0.05) is 0 Å². The number of nitrogens with zero attached hydrogens (tertiary/aromatic N) is 2. The average molecular weight is 367 g/mol. The van der Waals surface area contributed by atoms with Crippen LogP contribution >= 0.6 is 0 Å². The van der Waals surface area contributed by atoms with Gasteiger partial charge in [0.05, 0.1) is 6.10 Å². The Labute approximate surface area is 158 Å². The van der Waals surface area contributed by atoms with Crippen LogP contribution < -0.4 is 5.32 Å². The molecule has 6 heteroatoms. The summed E-state index contributed by atoms with van der Waals surface area (Å²) in [4.78, 5) is 12.3. The van der Waals surface area contributed by atoms with Crippen LogP contribution in [0.1, 0.15) is 29.8 Å². The van der Waals surface area contributed by atoms with Gasteiger partial charge in [-0.15, -0.1) is 0 Å². The number of carbonyl (C=O) groups is 1. The minimum absolute atomic E-state index is 0.0254. The third-order valence-corrected chi connectivity index (χ3v) is 4.73. The molecule has 1 amide bonds. The summed E-state index contributed by atoms with van der Waals surface area (Å²) < 4.78 is 20.6. The van der Waals surface area contributed by atoms with Crippen molar-refractivity contribution >= 4 is 12.0 Å². The molecule has 1 N–H and O–H groups in total. The van der Waals surface area contributed by atoms with Gasteiger partial charge in [0, 0.05) is 30.2 Å². The minimum Gasteiger partial charge on any atom is -0.376 e. The molecule has 1 atom stereocenters. The number of nitriles is 1. The summed E-state index contributed by atoms with van der Waals surface area (Å²) in [5, 5.41) is 12.2. The van der Waals surface area contributed by atoms with Crippen molar-refractivity contribution in [2.24, 2.45) is 0 Å². The second-order valence-corrected chi connectivity index (χ2v) is 6.65. The van der Waals surface area contributed by atoms with Crippen LogP contribution in [-0.2, 0) is 9.53 Å². The fraction of sp³-hybridized carbons (Fsp3) is 0.333. The molecule has 0 spiro atoms. The topological polar surface area (TPSA) is 67.1 Å². The van der Waals surface area contributed by atoms with Crippen molar-refractivity contribution < 1.29 is 13.9 Å². The molecule has 1 aliphatic rings. The molecule has 1 aromatic heterocycles. The number of ether oxygens (including phenoxy) is 1. The predicted molar refractivity (Wildman–Crippen MR) is 101 cm³/mol. The summed E-state index contributed by atoms with van der Waals surface area (Å²) in [6.07, 6.45) is 3.53. The lowest BCUT2D eigenvalue weighted by Crippen LogP contribution is -2.32. The Bertz CT molecular complexity index is 901. The highest BCUT2D eigenvalue weighted by Gasteiger charge is 2.18. The highest BCUT2D eigenvalue weighted by atomic mass is 19.1. The van der Waals surface area contributed by atoms with Crippen molar-refractivity contribution in [3.05, 3.63) is 58.7 Å². The van der Waals surface area contributed by atoms with Gasteiger partial charge in [-0.25, -0.2) is 4.39 Å². The number of benzene rings is 1. The van der Waals surface area contributed by atoms with Crippen molar-refractivity contribution in [3.63, 3.8) is 0 Å². The zero-order valence-corrected chi connectivity index (χ0v) is 15.5. The molecule has 0 saturated carbocycles. The van der Waals surface area contributed by atoms with Gasteiger partial charge in [-0.2, -0.15) is 5.26 Å². The molecule has 1 unspecified atom stereocenters. The molecule has 5 nitrogen and oxygen atoms in total. The first kappa shape index (κ1) is 18.9. The third kappa shape index (κ3) is 4.26. The molecule has 1 fully saturated rings. The quantitative estimate of drug-likeness (QED) is 0.650. The Hall–Kier alpha value is -2.91. The first-order valence-electron chi connectivity index (χ1n) is 8.96. The van der Waals surface area contributed by atoms with E-state index in [2.05, 4.69) is 5.32 Å². The van der Waals surface area contributed by atoms with E-state index >= 15 is 0 Å². The summed E-state index contributed by atoms with van der Waals surface area (Å²) in [7, 11) is 0. The van der Waals surface area contributed by atoms with E-state index in [1.165, 1.54) is 12.1 Å². The molecule has 1 saturated heterocycles. The van der Waals surface area contributed by atoms with Gasteiger partial charge in [0.2, 0.25) is 0 Å². The third-order valence-electron chi connectivity index (χ3n) is 4.73. The Morgan fingerprint density at radius 1 is 1.41 bits per heavy atom. The Morgan fingerprint density at radius 3 is 2.78 bits per heavy atom. The van der Waals surface area contributed by atoms with E-state index in [4.69, 9.17) is 4.74 Å². The molecular weight excluding hydrogens is 345 g/mol. The predicted octanol–water partition coefficient (Wildman–Crippen LogP) is 3.44. The highest BCUT2D eigenvalue weighted by Crippen LogP contribution is 2.23. The Morgan fingerprint density at radius 2 is 2.15 bits per heavy atom. The normalized spacial score (nSPS) is 17.0. The number of rotatable bonds is 5. The molecular formula is C21H22FN3O2. The van der Waals surface area contributed by atoms with E-state index in [0.29, 0.717) is 6.54 Å². The fourth-order valence-corrected chi connectivity index (χ4v) is 3.33. The van der Waals surface area contributed by atoms with Crippen molar-refractivity contribution in [2.75, 3.05) is 13.2 Å². The van der Waals surface area contributed by atoms with Gasteiger partial charge < -0.3 is 14.6 Å². The van der Waals surface area contributed by atoms with E-state index in [0.717, 1.165) is 42.1 Å². The molecule has 2 aromatic rings. The summed E-state index contributed by atoms with van der Waals surface area (Å²) in [6, 6.07) is 10.1. The largest absolute Gasteiger partial charge is 0.376 e. The van der Waals surface area contributed by atoms with E-state index < -0.39 is 5.91 Å². The lowest BCUT2D eigenvalue weighted by Gasteiger charge is -2.10. The van der Waals surface area contributed by atoms with Crippen molar-refractivity contribution in [1.29, 1.82) is 5.26 Å². The summed E-state index contributed by atoms with van der Waals surface area (Å²) in [5.74, 6) is -0.699. The first-order chi connectivity index (χ1) is 13.0. The fourth-order valence-electron chi connectivity index (χ4n) is 3.33. The van der Waals surface area contributed by atoms with Crippen molar-refractivity contribution in [2.45, 2.75) is 32.8 Å². The van der Waals surface area contributed by atoms with Crippen LogP contribution in [0.4, 0.5) is 4.39 Å². The lowest BCUT2D eigenvalue weighted by atomic mass is 10.1. The van der Waals surface area contributed by atoms with Gasteiger partial charge in [0.25, 0.3) is 5.91 Å². The van der Waals surface area contributed by atoms with Gasteiger partial charge in [-0.3, -0.25) is 4.79 Å².